The summed E-state index contributed by atoms with van der Waals surface area (Å²) in [4.78, 5) is 22.0. The third-order valence-electron chi connectivity index (χ3n) is 2.82. The number of carbonyl (C=O) groups excluding carboxylic acids is 2. The van der Waals surface area contributed by atoms with E-state index in [1.54, 1.807) is 13.8 Å². The number of rotatable bonds is 2. The summed E-state index contributed by atoms with van der Waals surface area (Å²) in [6.07, 6.45) is -3.26. The van der Waals surface area contributed by atoms with Gasteiger partial charge in [-0.25, -0.2) is 0 Å². The topological polar surface area (TPSA) is 82.1 Å². The molecule has 0 aliphatic carbocycles. The molecule has 1 heterocycles. The summed E-state index contributed by atoms with van der Waals surface area (Å²) >= 11 is 0. The molecule has 0 aromatic carbocycles. The summed E-state index contributed by atoms with van der Waals surface area (Å²) in [7, 11) is 0. The Kier molecular flexibility index (Phi) is 4.47. The molecular weight excluding hydrogens is 228 g/mol. The van der Waals surface area contributed by atoms with Gasteiger partial charge in [-0.2, -0.15) is 0 Å². The van der Waals surface area contributed by atoms with E-state index < -0.39 is 30.4 Å². The van der Waals surface area contributed by atoms with E-state index in [0.717, 1.165) is 0 Å². The van der Waals surface area contributed by atoms with E-state index in [-0.39, 0.29) is 12.0 Å². The standard InChI is InChI=1S/C11H18O6/c1-5-6(2)15-11(14)10(17-8(4)13)9(5)16-7(3)12/h5-6,9-11,14H,1-4H3. The van der Waals surface area contributed by atoms with E-state index in [2.05, 4.69) is 0 Å². The predicted octanol–water partition coefficient (Wildman–Crippen LogP) is 0.223. The largest absolute Gasteiger partial charge is 0.458 e. The molecule has 1 aliphatic rings. The summed E-state index contributed by atoms with van der Waals surface area (Å²) in [5.41, 5.74) is 0. The van der Waals surface area contributed by atoms with Gasteiger partial charge < -0.3 is 19.3 Å². The number of carbonyl (C=O) groups is 2. The fraction of sp³-hybridized carbons (Fsp3) is 0.818. The van der Waals surface area contributed by atoms with Crippen molar-refractivity contribution in [3.05, 3.63) is 0 Å². The fourth-order valence-corrected chi connectivity index (χ4v) is 1.83. The third-order valence-corrected chi connectivity index (χ3v) is 2.82. The Morgan fingerprint density at radius 3 is 2.00 bits per heavy atom. The van der Waals surface area contributed by atoms with Crippen molar-refractivity contribution in [1.82, 2.24) is 0 Å². The van der Waals surface area contributed by atoms with E-state index in [9.17, 15) is 14.7 Å². The highest BCUT2D eigenvalue weighted by Crippen LogP contribution is 2.29. The number of ether oxygens (including phenoxy) is 3. The Balaban J connectivity index is 2.86. The molecule has 0 bridgehead atoms. The molecule has 5 unspecified atom stereocenters. The highest BCUT2D eigenvalue weighted by Gasteiger charge is 2.45. The minimum atomic E-state index is -1.28. The lowest BCUT2D eigenvalue weighted by atomic mass is 9.91. The molecule has 1 fully saturated rings. The van der Waals surface area contributed by atoms with Gasteiger partial charge in [-0.3, -0.25) is 9.59 Å². The van der Waals surface area contributed by atoms with Crippen LogP contribution in [0.15, 0.2) is 0 Å². The summed E-state index contributed by atoms with van der Waals surface area (Å²) in [6, 6.07) is 0. The number of esters is 2. The molecule has 1 rings (SSSR count). The smallest absolute Gasteiger partial charge is 0.303 e. The van der Waals surface area contributed by atoms with Crippen molar-refractivity contribution in [3.63, 3.8) is 0 Å². The zero-order chi connectivity index (χ0) is 13.2. The van der Waals surface area contributed by atoms with Gasteiger partial charge in [-0.1, -0.05) is 6.92 Å². The first-order valence-electron chi connectivity index (χ1n) is 5.51. The second kappa shape index (κ2) is 5.46. The fourth-order valence-electron chi connectivity index (χ4n) is 1.83. The molecule has 0 aromatic heterocycles. The average molecular weight is 246 g/mol. The zero-order valence-electron chi connectivity index (χ0n) is 10.4. The first kappa shape index (κ1) is 13.9. The van der Waals surface area contributed by atoms with E-state index in [4.69, 9.17) is 14.2 Å². The molecule has 1 N–H and O–H groups in total. The predicted molar refractivity (Wildman–Crippen MR) is 56.8 cm³/mol. The van der Waals surface area contributed by atoms with E-state index in [1.807, 2.05) is 0 Å². The van der Waals surface area contributed by atoms with Crippen LogP contribution in [0.5, 0.6) is 0 Å². The second-order valence-electron chi connectivity index (χ2n) is 4.24. The van der Waals surface area contributed by atoms with Crippen molar-refractivity contribution in [3.8, 4) is 0 Å². The Labute approximate surface area is 99.8 Å². The van der Waals surface area contributed by atoms with Gasteiger partial charge >= 0.3 is 11.9 Å². The van der Waals surface area contributed by atoms with Crippen LogP contribution < -0.4 is 0 Å². The van der Waals surface area contributed by atoms with Crippen molar-refractivity contribution < 1.29 is 28.9 Å². The minimum Gasteiger partial charge on any atom is -0.458 e. The molecule has 0 saturated carbocycles. The van der Waals surface area contributed by atoms with Crippen LogP contribution in [0.4, 0.5) is 0 Å². The first-order chi connectivity index (χ1) is 7.82. The molecule has 0 radical (unpaired) electrons. The van der Waals surface area contributed by atoms with E-state index in [1.165, 1.54) is 13.8 Å². The highest BCUT2D eigenvalue weighted by atomic mass is 16.7. The quantitative estimate of drug-likeness (QED) is 0.702. The van der Waals surface area contributed by atoms with Gasteiger partial charge in [-0.15, -0.1) is 0 Å². The van der Waals surface area contributed by atoms with Gasteiger partial charge in [0, 0.05) is 19.8 Å². The van der Waals surface area contributed by atoms with Gasteiger partial charge in [0.1, 0.15) is 6.10 Å². The number of hydrogen-bond acceptors (Lipinski definition) is 6. The Morgan fingerprint density at radius 1 is 1.06 bits per heavy atom. The maximum absolute atomic E-state index is 11.0. The maximum atomic E-state index is 11.0. The van der Waals surface area contributed by atoms with Crippen LogP contribution in [-0.2, 0) is 23.8 Å². The van der Waals surface area contributed by atoms with Gasteiger partial charge in [0.25, 0.3) is 0 Å². The molecule has 17 heavy (non-hydrogen) atoms. The molecule has 1 aliphatic heterocycles. The Hall–Kier alpha value is -1.14. The van der Waals surface area contributed by atoms with Crippen LogP contribution in [-0.4, -0.2) is 41.6 Å². The molecule has 5 atom stereocenters. The first-order valence-corrected chi connectivity index (χ1v) is 5.51. The highest BCUT2D eigenvalue weighted by molar-refractivity contribution is 5.67. The van der Waals surface area contributed by atoms with E-state index >= 15 is 0 Å². The lowest BCUT2D eigenvalue weighted by molar-refractivity contribution is -0.271. The summed E-state index contributed by atoms with van der Waals surface area (Å²) < 4.78 is 15.3. The average Bonchev–Trinajstić information content (AvgIpc) is 2.19. The molecule has 0 spiro atoms. The summed E-state index contributed by atoms with van der Waals surface area (Å²) in [5, 5.41) is 9.70. The molecule has 6 heteroatoms. The number of hydrogen-bond donors (Lipinski definition) is 1. The van der Waals surface area contributed by atoms with Crippen LogP contribution in [0.1, 0.15) is 27.7 Å². The zero-order valence-corrected chi connectivity index (χ0v) is 10.4. The molecule has 6 nitrogen and oxygen atoms in total. The van der Waals surface area contributed by atoms with Crippen molar-refractivity contribution in [2.45, 2.75) is 52.3 Å². The van der Waals surface area contributed by atoms with Crippen molar-refractivity contribution in [2.75, 3.05) is 0 Å². The second-order valence-corrected chi connectivity index (χ2v) is 4.24. The SMILES string of the molecule is CC(=O)OC1C(O)OC(C)C(C)C1OC(C)=O. The maximum Gasteiger partial charge on any atom is 0.303 e. The summed E-state index contributed by atoms with van der Waals surface area (Å²) in [5.74, 6) is -1.22. The molecule has 0 amide bonds. The van der Waals surface area contributed by atoms with Gasteiger partial charge in [0.05, 0.1) is 6.10 Å². The van der Waals surface area contributed by atoms with Gasteiger partial charge in [0.2, 0.25) is 0 Å². The monoisotopic (exact) mass is 246 g/mol. The van der Waals surface area contributed by atoms with Crippen LogP contribution in [0, 0.1) is 5.92 Å². The number of aliphatic hydroxyl groups excluding tert-OH is 1. The van der Waals surface area contributed by atoms with Crippen LogP contribution in [0.3, 0.4) is 0 Å². The lowest BCUT2D eigenvalue weighted by Crippen LogP contribution is -2.55. The normalized spacial score (nSPS) is 37.4. The molecular formula is C11H18O6. The van der Waals surface area contributed by atoms with Crippen LogP contribution in [0.2, 0.25) is 0 Å². The molecule has 1 saturated heterocycles. The molecule has 98 valence electrons. The van der Waals surface area contributed by atoms with Gasteiger partial charge in [0.15, 0.2) is 12.4 Å². The summed E-state index contributed by atoms with van der Waals surface area (Å²) in [6.45, 7) is 6.05. The minimum absolute atomic E-state index is 0.174. The Morgan fingerprint density at radius 2 is 1.53 bits per heavy atom. The third kappa shape index (κ3) is 3.41. The Bertz CT molecular complexity index is 302. The van der Waals surface area contributed by atoms with Crippen molar-refractivity contribution >= 4 is 11.9 Å². The number of aliphatic hydroxyl groups is 1. The molecule has 0 aromatic rings. The van der Waals surface area contributed by atoms with Crippen LogP contribution in [0.25, 0.3) is 0 Å². The van der Waals surface area contributed by atoms with Crippen LogP contribution >= 0.6 is 0 Å². The van der Waals surface area contributed by atoms with Crippen molar-refractivity contribution in [1.29, 1.82) is 0 Å². The van der Waals surface area contributed by atoms with Crippen molar-refractivity contribution in [2.24, 2.45) is 5.92 Å². The lowest BCUT2D eigenvalue weighted by Gasteiger charge is -2.41. The van der Waals surface area contributed by atoms with Gasteiger partial charge in [-0.05, 0) is 6.92 Å². The van der Waals surface area contributed by atoms with E-state index in [0.29, 0.717) is 0 Å².